The second kappa shape index (κ2) is 6.15. The van der Waals surface area contributed by atoms with Crippen LogP contribution in [0.1, 0.15) is 51.2 Å². The van der Waals surface area contributed by atoms with Gasteiger partial charge in [0, 0.05) is 18.9 Å². The highest BCUT2D eigenvalue weighted by Crippen LogP contribution is 2.27. The first-order chi connectivity index (χ1) is 8.33. The minimum atomic E-state index is 0.630. The van der Waals surface area contributed by atoms with Gasteiger partial charge in [-0.1, -0.05) is 31.8 Å². The maximum atomic E-state index is 5.30. The van der Waals surface area contributed by atoms with Crippen molar-refractivity contribution in [2.45, 2.75) is 58.4 Å². The van der Waals surface area contributed by atoms with E-state index in [9.17, 15) is 0 Å². The largest absolute Gasteiger partial charge is 0.339 e. The quantitative estimate of drug-likeness (QED) is 0.854. The molecule has 0 aromatic carbocycles. The third-order valence-corrected chi connectivity index (χ3v) is 3.64. The topological polar surface area (TPSA) is 51.0 Å². The Morgan fingerprint density at radius 3 is 2.82 bits per heavy atom. The van der Waals surface area contributed by atoms with Crippen molar-refractivity contribution in [3.63, 3.8) is 0 Å². The Hall–Kier alpha value is -0.900. The molecule has 1 aliphatic rings. The molecule has 17 heavy (non-hydrogen) atoms. The van der Waals surface area contributed by atoms with Crippen molar-refractivity contribution in [3.05, 3.63) is 11.7 Å². The summed E-state index contributed by atoms with van der Waals surface area (Å²) in [6.45, 7) is 5.27. The van der Waals surface area contributed by atoms with E-state index in [0.717, 1.165) is 31.1 Å². The standard InChI is InChI=1S/C13H23N3O/c1-3-12-15-13(17-16-12)9-10-7-5-6-8-11(10)14-4-2/h10-11,14H,3-9H2,1-2H3. The molecule has 2 rings (SSSR count). The molecule has 96 valence electrons. The molecule has 0 bridgehead atoms. The molecule has 1 aromatic rings. The van der Waals surface area contributed by atoms with E-state index >= 15 is 0 Å². The van der Waals surface area contributed by atoms with Crippen molar-refractivity contribution in [3.8, 4) is 0 Å². The molecule has 4 heteroatoms. The van der Waals surface area contributed by atoms with E-state index in [1.54, 1.807) is 0 Å². The van der Waals surface area contributed by atoms with E-state index < -0.39 is 0 Å². The Morgan fingerprint density at radius 1 is 1.29 bits per heavy atom. The van der Waals surface area contributed by atoms with Gasteiger partial charge in [0.25, 0.3) is 0 Å². The minimum Gasteiger partial charge on any atom is -0.339 e. The fourth-order valence-electron chi connectivity index (χ4n) is 2.72. The third kappa shape index (κ3) is 3.28. The molecular formula is C13H23N3O. The van der Waals surface area contributed by atoms with Crippen LogP contribution in [-0.4, -0.2) is 22.7 Å². The van der Waals surface area contributed by atoms with Gasteiger partial charge >= 0.3 is 0 Å². The van der Waals surface area contributed by atoms with Crippen LogP contribution in [0.4, 0.5) is 0 Å². The van der Waals surface area contributed by atoms with E-state index in [1.165, 1.54) is 25.7 Å². The molecule has 0 amide bonds. The van der Waals surface area contributed by atoms with Gasteiger partial charge in [0.15, 0.2) is 5.82 Å². The van der Waals surface area contributed by atoms with Crippen molar-refractivity contribution >= 4 is 0 Å². The highest BCUT2D eigenvalue weighted by molar-refractivity contribution is 4.91. The summed E-state index contributed by atoms with van der Waals surface area (Å²) < 4.78 is 5.30. The third-order valence-electron chi connectivity index (χ3n) is 3.64. The Kier molecular flexibility index (Phi) is 4.54. The highest BCUT2D eigenvalue weighted by Gasteiger charge is 2.26. The molecule has 1 aromatic heterocycles. The summed E-state index contributed by atoms with van der Waals surface area (Å²) in [5.74, 6) is 2.31. The van der Waals surface area contributed by atoms with Gasteiger partial charge in [-0.05, 0) is 25.3 Å². The molecule has 1 heterocycles. The lowest BCUT2D eigenvalue weighted by Crippen LogP contribution is -2.39. The van der Waals surface area contributed by atoms with Crippen LogP contribution in [0, 0.1) is 5.92 Å². The van der Waals surface area contributed by atoms with Crippen molar-refractivity contribution < 1.29 is 4.52 Å². The Morgan fingerprint density at radius 2 is 2.12 bits per heavy atom. The van der Waals surface area contributed by atoms with Crippen LogP contribution in [0.25, 0.3) is 0 Å². The van der Waals surface area contributed by atoms with Crippen LogP contribution < -0.4 is 5.32 Å². The van der Waals surface area contributed by atoms with Gasteiger partial charge in [-0.3, -0.25) is 0 Å². The van der Waals surface area contributed by atoms with Crippen molar-refractivity contribution in [2.24, 2.45) is 5.92 Å². The number of hydrogen-bond acceptors (Lipinski definition) is 4. The first kappa shape index (κ1) is 12.6. The van der Waals surface area contributed by atoms with E-state index in [-0.39, 0.29) is 0 Å². The number of hydrogen-bond donors (Lipinski definition) is 1. The van der Waals surface area contributed by atoms with Crippen LogP contribution >= 0.6 is 0 Å². The van der Waals surface area contributed by atoms with Gasteiger partial charge in [-0.25, -0.2) is 0 Å². The lowest BCUT2D eigenvalue weighted by molar-refractivity contribution is 0.242. The number of nitrogens with one attached hydrogen (secondary N) is 1. The molecular weight excluding hydrogens is 214 g/mol. The van der Waals surface area contributed by atoms with Crippen molar-refractivity contribution in [1.82, 2.24) is 15.5 Å². The average Bonchev–Trinajstić information content (AvgIpc) is 2.80. The molecule has 4 nitrogen and oxygen atoms in total. The predicted octanol–water partition coefficient (Wildman–Crippen LogP) is 2.34. The van der Waals surface area contributed by atoms with E-state index in [4.69, 9.17) is 4.52 Å². The fourth-order valence-corrected chi connectivity index (χ4v) is 2.72. The summed E-state index contributed by atoms with van der Waals surface area (Å²) >= 11 is 0. The Labute approximate surface area is 103 Å². The van der Waals surface area contributed by atoms with E-state index in [1.807, 2.05) is 0 Å². The molecule has 2 unspecified atom stereocenters. The van der Waals surface area contributed by atoms with Crippen LogP contribution in [0.5, 0.6) is 0 Å². The van der Waals surface area contributed by atoms with Gasteiger partial charge in [0.05, 0.1) is 0 Å². The normalized spacial score (nSPS) is 25.1. The Bertz CT molecular complexity index is 335. The molecule has 2 atom stereocenters. The molecule has 1 N–H and O–H groups in total. The van der Waals surface area contributed by atoms with Gasteiger partial charge < -0.3 is 9.84 Å². The van der Waals surface area contributed by atoms with Crippen LogP contribution in [0.15, 0.2) is 4.52 Å². The maximum Gasteiger partial charge on any atom is 0.226 e. The zero-order valence-corrected chi connectivity index (χ0v) is 10.9. The summed E-state index contributed by atoms with van der Waals surface area (Å²) in [6.07, 6.45) is 7.03. The minimum absolute atomic E-state index is 0.630. The highest BCUT2D eigenvalue weighted by atomic mass is 16.5. The summed E-state index contributed by atoms with van der Waals surface area (Å²) in [5, 5.41) is 7.55. The average molecular weight is 237 g/mol. The van der Waals surface area contributed by atoms with Crippen molar-refractivity contribution in [2.75, 3.05) is 6.54 Å². The molecule has 1 aliphatic carbocycles. The number of aromatic nitrogens is 2. The zero-order chi connectivity index (χ0) is 12.1. The van der Waals surface area contributed by atoms with E-state index in [0.29, 0.717) is 12.0 Å². The molecule has 0 saturated heterocycles. The molecule has 1 saturated carbocycles. The Balaban J connectivity index is 1.95. The lowest BCUT2D eigenvalue weighted by atomic mass is 9.82. The molecule has 0 spiro atoms. The van der Waals surface area contributed by atoms with Gasteiger partial charge in [-0.2, -0.15) is 4.98 Å². The first-order valence-corrected chi connectivity index (χ1v) is 6.88. The molecule has 0 aliphatic heterocycles. The summed E-state index contributed by atoms with van der Waals surface area (Å²) in [4.78, 5) is 4.41. The number of rotatable bonds is 5. The SMILES string of the molecule is CCNC1CCCCC1Cc1nc(CC)no1. The second-order valence-electron chi connectivity index (χ2n) is 4.87. The monoisotopic (exact) mass is 237 g/mol. The van der Waals surface area contributed by atoms with E-state index in [2.05, 4.69) is 29.3 Å². The zero-order valence-electron chi connectivity index (χ0n) is 10.9. The molecule has 1 fully saturated rings. The number of nitrogens with zero attached hydrogens (tertiary/aromatic N) is 2. The molecule has 0 radical (unpaired) electrons. The van der Waals surface area contributed by atoms with Crippen LogP contribution in [-0.2, 0) is 12.8 Å². The fraction of sp³-hybridized carbons (Fsp3) is 0.846. The maximum absolute atomic E-state index is 5.30. The van der Waals surface area contributed by atoms with Crippen LogP contribution in [0.2, 0.25) is 0 Å². The van der Waals surface area contributed by atoms with Gasteiger partial charge in [0.1, 0.15) is 0 Å². The second-order valence-corrected chi connectivity index (χ2v) is 4.87. The summed E-state index contributed by atoms with van der Waals surface area (Å²) in [5.41, 5.74) is 0. The smallest absolute Gasteiger partial charge is 0.226 e. The summed E-state index contributed by atoms with van der Waals surface area (Å²) in [6, 6.07) is 0.630. The van der Waals surface area contributed by atoms with Gasteiger partial charge in [-0.15, -0.1) is 0 Å². The van der Waals surface area contributed by atoms with Crippen molar-refractivity contribution in [1.29, 1.82) is 0 Å². The predicted molar refractivity (Wildman–Crippen MR) is 66.8 cm³/mol. The first-order valence-electron chi connectivity index (χ1n) is 6.88. The van der Waals surface area contributed by atoms with Crippen LogP contribution in [0.3, 0.4) is 0 Å². The lowest BCUT2D eigenvalue weighted by Gasteiger charge is -2.31. The summed E-state index contributed by atoms with van der Waals surface area (Å²) in [7, 11) is 0. The number of aryl methyl sites for hydroxylation is 1. The van der Waals surface area contributed by atoms with Gasteiger partial charge in [0.2, 0.25) is 5.89 Å².